The van der Waals surface area contributed by atoms with Crippen molar-refractivity contribution < 1.29 is 10.1 Å². The molecule has 3 heteroatoms. The largest absolute Gasteiger partial charge is 0.411 e. The average Bonchev–Trinajstić information content (AvgIpc) is 2.11. The van der Waals surface area contributed by atoms with Crippen LogP contribution >= 0.6 is 0 Å². The molecular formula is C10H17N2O+. The Kier molecular flexibility index (Phi) is 3.32. The average molecular weight is 181 g/mol. The number of hydrogen-bond acceptors (Lipinski definition) is 2. The van der Waals surface area contributed by atoms with Gasteiger partial charge in [-0.25, -0.2) is 0 Å². The van der Waals surface area contributed by atoms with Crippen LogP contribution in [0.3, 0.4) is 0 Å². The van der Waals surface area contributed by atoms with Gasteiger partial charge < -0.3 is 10.1 Å². The zero-order chi connectivity index (χ0) is 9.84. The Labute approximate surface area is 79.4 Å². The second-order valence-electron chi connectivity index (χ2n) is 3.84. The van der Waals surface area contributed by atoms with Crippen LogP contribution in [0.2, 0.25) is 0 Å². The minimum atomic E-state index is 0.351. The van der Waals surface area contributed by atoms with E-state index in [4.69, 9.17) is 11.6 Å². The molecule has 0 aromatic rings. The number of piperidine rings is 1. The van der Waals surface area contributed by atoms with Gasteiger partial charge in [0.1, 0.15) is 6.54 Å². The smallest absolute Gasteiger partial charge is 0.139 e. The van der Waals surface area contributed by atoms with Gasteiger partial charge in [-0.2, -0.15) is 0 Å². The second kappa shape index (κ2) is 4.29. The molecule has 1 unspecified atom stereocenters. The fourth-order valence-corrected chi connectivity index (χ4v) is 1.89. The number of hydrogen-bond donors (Lipinski definition) is 2. The van der Waals surface area contributed by atoms with Crippen LogP contribution in [-0.4, -0.2) is 30.1 Å². The van der Waals surface area contributed by atoms with E-state index in [2.05, 4.69) is 24.9 Å². The van der Waals surface area contributed by atoms with E-state index in [1.54, 1.807) is 0 Å². The number of terminal acetylenes is 1. The highest BCUT2D eigenvalue weighted by atomic mass is 16.4. The molecule has 13 heavy (non-hydrogen) atoms. The highest BCUT2D eigenvalue weighted by Gasteiger charge is 2.30. The van der Waals surface area contributed by atoms with Gasteiger partial charge >= 0.3 is 0 Å². The number of quaternary nitrogens is 1. The Morgan fingerprint density at radius 2 is 2.38 bits per heavy atom. The molecule has 0 saturated carbocycles. The standard InChI is InChI=1S/C10H16N2O/c1-4-5-12-7-8(2)10(11-13)6-9(12)3/h1,8-9,13H,5-7H2,2-3H3/p+1/b11-10-/t8-,9-/m1/s1. The quantitative estimate of drug-likeness (QED) is 0.327. The molecule has 0 amide bonds. The molecule has 1 rings (SSSR count). The molecule has 0 aromatic carbocycles. The zero-order valence-corrected chi connectivity index (χ0v) is 8.25. The van der Waals surface area contributed by atoms with Gasteiger partial charge in [-0.3, -0.25) is 0 Å². The minimum Gasteiger partial charge on any atom is -0.411 e. The van der Waals surface area contributed by atoms with Gasteiger partial charge in [0.05, 0.1) is 18.3 Å². The molecule has 0 aromatic heterocycles. The lowest BCUT2D eigenvalue weighted by atomic mass is 9.93. The molecule has 0 radical (unpaired) electrons. The summed E-state index contributed by atoms with van der Waals surface area (Å²) in [5.74, 6) is 3.03. The van der Waals surface area contributed by atoms with Crippen LogP contribution in [0.1, 0.15) is 20.3 Å². The van der Waals surface area contributed by atoms with Crippen molar-refractivity contribution in [2.75, 3.05) is 13.1 Å². The Balaban J connectivity index is 2.62. The summed E-state index contributed by atoms with van der Waals surface area (Å²) >= 11 is 0. The molecule has 1 fully saturated rings. The van der Waals surface area contributed by atoms with Crippen LogP contribution in [0, 0.1) is 18.3 Å². The van der Waals surface area contributed by atoms with Crippen molar-refractivity contribution in [3.05, 3.63) is 0 Å². The third-order valence-corrected chi connectivity index (χ3v) is 2.81. The van der Waals surface area contributed by atoms with Crippen LogP contribution in [-0.2, 0) is 0 Å². The number of rotatable bonds is 1. The molecule has 1 aliphatic rings. The number of nitrogens with zero attached hydrogens (tertiary/aromatic N) is 1. The van der Waals surface area contributed by atoms with Crippen molar-refractivity contribution in [2.24, 2.45) is 11.1 Å². The van der Waals surface area contributed by atoms with Gasteiger partial charge in [-0.15, -0.1) is 6.42 Å². The van der Waals surface area contributed by atoms with E-state index in [0.717, 1.165) is 25.2 Å². The van der Waals surface area contributed by atoms with Crippen molar-refractivity contribution in [1.82, 2.24) is 0 Å². The molecule has 72 valence electrons. The first-order chi connectivity index (χ1) is 6.19. The molecule has 0 aliphatic carbocycles. The van der Waals surface area contributed by atoms with Crippen molar-refractivity contribution in [3.63, 3.8) is 0 Å². The summed E-state index contributed by atoms with van der Waals surface area (Å²) in [6.07, 6.45) is 6.14. The Bertz CT molecular complexity index is 242. The second-order valence-corrected chi connectivity index (χ2v) is 3.84. The SMILES string of the molecule is C#CC[NH+]1C[C@@H](C)/C(=N\O)C[C@H]1C. The first-order valence-electron chi connectivity index (χ1n) is 4.68. The summed E-state index contributed by atoms with van der Waals surface area (Å²) in [5.41, 5.74) is 0.910. The van der Waals surface area contributed by atoms with E-state index in [1.807, 2.05) is 0 Å². The lowest BCUT2D eigenvalue weighted by Crippen LogP contribution is -3.17. The lowest BCUT2D eigenvalue weighted by molar-refractivity contribution is -0.920. The van der Waals surface area contributed by atoms with Crippen LogP contribution in [0.4, 0.5) is 0 Å². The molecule has 0 bridgehead atoms. The summed E-state index contributed by atoms with van der Waals surface area (Å²) in [4.78, 5) is 1.42. The number of nitrogens with one attached hydrogen (secondary N) is 1. The highest BCUT2D eigenvalue weighted by Crippen LogP contribution is 2.07. The predicted molar refractivity (Wildman–Crippen MR) is 52.0 cm³/mol. The van der Waals surface area contributed by atoms with Gasteiger partial charge in [-0.05, 0) is 12.8 Å². The van der Waals surface area contributed by atoms with Crippen LogP contribution in [0.5, 0.6) is 0 Å². The molecule has 0 spiro atoms. The van der Waals surface area contributed by atoms with Gasteiger partial charge in [0.2, 0.25) is 0 Å². The molecule has 1 saturated heterocycles. The zero-order valence-electron chi connectivity index (χ0n) is 8.25. The molecule has 3 atom stereocenters. The summed E-state index contributed by atoms with van der Waals surface area (Å²) in [7, 11) is 0. The topological polar surface area (TPSA) is 37.0 Å². The Hall–Kier alpha value is -1.01. The van der Waals surface area contributed by atoms with Crippen LogP contribution in [0.25, 0.3) is 0 Å². The number of oxime groups is 1. The molecule has 1 aliphatic heterocycles. The van der Waals surface area contributed by atoms with E-state index in [0.29, 0.717) is 12.0 Å². The molecule has 1 heterocycles. The van der Waals surface area contributed by atoms with E-state index in [-0.39, 0.29) is 0 Å². The third kappa shape index (κ3) is 2.22. The highest BCUT2D eigenvalue weighted by molar-refractivity contribution is 5.86. The Morgan fingerprint density at radius 3 is 2.92 bits per heavy atom. The van der Waals surface area contributed by atoms with Crippen molar-refractivity contribution in [1.29, 1.82) is 0 Å². The maximum atomic E-state index is 8.73. The van der Waals surface area contributed by atoms with E-state index < -0.39 is 0 Å². The number of likely N-dealkylation sites (tertiary alicyclic amines) is 1. The summed E-state index contributed by atoms with van der Waals surface area (Å²) in [6, 6.07) is 0.471. The van der Waals surface area contributed by atoms with E-state index in [9.17, 15) is 0 Å². The van der Waals surface area contributed by atoms with Crippen LogP contribution < -0.4 is 4.90 Å². The van der Waals surface area contributed by atoms with E-state index in [1.165, 1.54) is 4.90 Å². The first-order valence-corrected chi connectivity index (χ1v) is 4.68. The summed E-state index contributed by atoms with van der Waals surface area (Å²) in [5, 5.41) is 12.1. The van der Waals surface area contributed by atoms with E-state index >= 15 is 0 Å². The normalized spacial score (nSPS) is 37.3. The van der Waals surface area contributed by atoms with Gasteiger partial charge in [0, 0.05) is 12.3 Å². The fourth-order valence-electron chi connectivity index (χ4n) is 1.89. The molecule has 3 nitrogen and oxygen atoms in total. The van der Waals surface area contributed by atoms with Crippen molar-refractivity contribution >= 4 is 5.71 Å². The van der Waals surface area contributed by atoms with Crippen molar-refractivity contribution in [3.8, 4) is 12.3 Å². The lowest BCUT2D eigenvalue weighted by Gasteiger charge is -2.32. The minimum absolute atomic E-state index is 0.351. The van der Waals surface area contributed by atoms with Gasteiger partial charge in [0.25, 0.3) is 0 Å². The molecule has 2 N–H and O–H groups in total. The van der Waals surface area contributed by atoms with Crippen molar-refractivity contribution in [2.45, 2.75) is 26.3 Å². The Morgan fingerprint density at radius 1 is 1.69 bits per heavy atom. The molecular weight excluding hydrogens is 164 g/mol. The monoisotopic (exact) mass is 181 g/mol. The predicted octanol–water partition coefficient (Wildman–Crippen LogP) is -0.237. The van der Waals surface area contributed by atoms with Gasteiger partial charge in [-0.1, -0.05) is 12.1 Å². The summed E-state index contributed by atoms with van der Waals surface area (Å²) < 4.78 is 0. The fraction of sp³-hybridized carbons (Fsp3) is 0.700. The van der Waals surface area contributed by atoms with Gasteiger partial charge in [0.15, 0.2) is 0 Å². The van der Waals surface area contributed by atoms with Crippen LogP contribution in [0.15, 0.2) is 5.16 Å². The first kappa shape index (κ1) is 10.1. The maximum absolute atomic E-state index is 8.73. The maximum Gasteiger partial charge on any atom is 0.139 e. The third-order valence-electron chi connectivity index (χ3n) is 2.81. The summed E-state index contributed by atoms with van der Waals surface area (Å²) in [6.45, 7) is 5.97.